The molecule has 0 radical (unpaired) electrons. The molecule has 2 aromatic carbocycles. The molecule has 3 rings (SSSR count). The van der Waals surface area contributed by atoms with Crippen molar-refractivity contribution >= 4 is 10.1 Å². The molecule has 26 heavy (non-hydrogen) atoms. The molecule has 3 atom stereocenters. The average Bonchev–Trinajstić information content (AvgIpc) is 2.87. The summed E-state index contributed by atoms with van der Waals surface area (Å²) in [5, 5.41) is 11.3. The molecule has 2 aromatic rings. The summed E-state index contributed by atoms with van der Waals surface area (Å²) in [6, 6.07) is 15.8. The highest BCUT2D eigenvalue weighted by molar-refractivity contribution is 7.86. The molecule has 1 saturated carbocycles. The topological polar surface area (TPSA) is 72.8 Å². The normalized spacial score (nSPS) is 29.0. The Labute approximate surface area is 154 Å². The molecular formula is C20H24O5S. The van der Waals surface area contributed by atoms with Gasteiger partial charge in [-0.25, -0.2) is 0 Å². The Morgan fingerprint density at radius 3 is 2.27 bits per heavy atom. The number of methoxy groups -OCH3 is 1. The van der Waals surface area contributed by atoms with E-state index in [1.54, 1.807) is 19.1 Å². The summed E-state index contributed by atoms with van der Waals surface area (Å²) < 4.78 is 36.5. The van der Waals surface area contributed by atoms with Crippen LogP contribution in [0.2, 0.25) is 0 Å². The van der Waals surface area contributed by atoms with Crippen molar-refractivity contribution in [2.24, 2.45) is 0 Å². The van der Waals surface area contributed by atoms with Crippen molar-refractivity contribution < 1.29 is 22.4 Å². The Balaban J connectivity index is 1.92. The third-order valence-electron chi connectivity index (χ3n) is 5.34. The molecule has 0 spiro atoms. The molecule has 0 bridgehead atoms. The maximum atomic E-state index is 12.6. The van der Waals surface area contributed by atoms with Gasteiger partial charge in [-0.15, -0.1) is 0 Å². The van der Waals surface area contributed by atoms with Crippen LogP contribution in [0.3, 0.4) is 0 Å². The summed E-state index contributed by atoms with van der Waals surface area (Å²) in [5.74, 6) is 0. The third kappa shape index (κ3) is 3.07. The number of hydrogen-bond acceptors (Lipinski definition) is 5. The highest BCUT2D eigenvalue weighted by Gasteiger charge is 2.60. The summed E-state index contributed by atoms with van der Waals surface area (Å²) in [6.45, 7) is 3.46. The van der Waals surface area contributed by atoms with Crippen LogP contribution in [0.25, 0.3) is 0 Å². The van der Waals surface area contributed by atoms with Gasteiger partial charge < -0.3 is 9.84 Å². The molecule has 0 heterocycles. The van der Waals surface area contributed by atoms with Crippen molar-refractivity contribution in [3.8, 4) is 0 Å². The summed E-state index contributed by atoms with van der Waals surface area (Å²) in [4.78, 5) is 0.0773. The lowest BCUT2D eigenvalue weighted by Crippen LogP contribution is -2.53. The zero-order valence-electron chi connectivity index (χ0n) is 15.2. The Morgan fingerprint density at radius 2 is 1.69 bits per heavy atom. The van der Waals surface area contributed by atoms with E-state index in [-0.39, 0.29) is 4.90 Å². The number of rotatable bonds is 5. The molecule has 5 nitrogen and oxygen atoms in total. The Kier molecular flexibility index (Phi) is 4.96. The van der Waals surface area contributed by atoms with Gasteiger partial charge in [0.15, 0.2) is 0 Å². The molecular weight excluding hydrogens is 352 g/mol. The predicted octanol–water partition coefficient (Wildman–Crippen LogP) is 3.16. The lowest BCUT2D eigenvalue weighted by Gasteiger charge is -2.41. The minimum absolute atomic E-state index is 0.0773. The van der Waals surface area contributed by atoms with Crippen LogP contribution in [0, 0.1) is 6.92 Å². The van der Waals surface area contributed by atoms with Gasteiger partial charge in [0.2, 0.25) is 0 Å². The van der Waals surface area contributed by atoms with Crippen molar-refractivity contribution in [3.05, 3.63) is 65.7 Å². The zero-order valence-corrected chi connectivity index (χ0v) is 16.0. The second-order valence-corrected chi connectivity index (χ2v) is 8.51. The van der Waals surface area contributed by atoms with E-state index in [2.05, 4.69) is 0 Å². The number of aryl methyl sites for hydroxylation is 1. The summed E-state index contributed by atoms with van der Waals surface area (Å²) in [5.41, 5.74) is -0.784. The molecule has 1 N–H and O–H groups in total. The second-order valence-electron chi connectivity index (χ2n) is 6.94. The SMILES string of the molecule is CO[C@]1(c2ccccc2)CC[C@@H](OS(=O)(=O)c2ccc(C)cc2)[C@@]1(C)O. The van der Waals surface area contributed by atoms with Crippen LogP contribution >= 0.6 is 0 Å². The van der Waals surface area contributed by atoms with Crippen LogP contribution in [0.1, 0.15) is 30.9 Å². The zero-order chi connectivity index (χ0) is 19.0. The van der Waals surface area contributed by atoms with Crippen molar-refractivity contribution in [2.45, 2.75) is 48.9 Å². The fraction of sp³-hybridized carbons (Fsp3) is 0.400. The van der Waals surface area contributed by atoms with Crippen molar-refractivity contribution in [1.29, 1.82) is 0 Å². The lowest BCUT2D eigenvalue weighted by atomic mass is 9.80. The van der Waals surface area contributed by atoms with Crippen molar-refractivity contribution in [3.63, 3.8) is 0 Å². The fourth-order valence-electron chi connectivity index (χ4n) is 3.75. The van der Waals surface area contributed by atoms with Gasteiger partial charge in [-0.3, -0.25) is 4.18 Å². The number of aliphatic hydroxyl groups is 1. The van der Waals surface area contributed by atoms with Crippen molar-refractivity contribution in [2.75, 3.05) is 7.11 Å². The number of hydrogen-bond donors (Lipinski definition) is 1. The van der Waals surface area contributed by atoms with E-state index in [9.17, 15) is 13.5 Å². The van der Waals surface area contributed by atoms with Crippen molar-refractivity contribution in [1.82, 2.24) is 0 Å². The van der Waals surface area contributed by atoms with Crippen LogP contribution < -0.4 is 0 Å². The number of ether oxygens (including phenoxy) is 1. The van der Waals surface area contributed by atoms with Crippen LogP contribution in [-0.2, 0) is 24.6 Å². The standard InChI is InChI=1S/C20H24O5S/c1-15-9-11-17(12-10-15)26(22,23)25-18-13-14-20(24-3,19(18,2)21)16-7-5-4-6-8-16/h4-12,18,21H,13-14H2,1-3H3/t18-,19-,20+/m1/s1. The Bertz CT molecular complexity index is 859. The minimum atomic E-state index is -3.99. The lowest BCUT2D eigenvalue weighted by molar-refractivity contribution is -0.173. The molecule has 0 aliphatic heterocycles. The van der Waals surface area contributed by atoms with E-state index in [0.29, 0.717) is 12.8 Å². The monoisotopic (exact) mass is 376 g/mol. The first-order valence-electron chi connectivity index (χ1n) is 8.56. The van der Waals surface area contributed by atoms with Gasteiger partial charge in [0.25, 0.3) is 10.1 Å². The minimum Gasteiger partial charge on any atom is -0.384 e. The average molecular weight is 376 g/mol. The summed E-state index contributed by atoms with van der Waals surface area (Å²) in [7, 11) is -2.46. The van der Waals surface area contributed by atoms with Crippen LogP contribution in [0.15, 0.2) is 59.5 Å². The van der Waals surface area contributed by atoms with E-state index >= 15 is 0 Å². The van der Waals surface area contributed by atoms with Crippen LogP contribution in [-0.4, -0.2) is 32.3 Å². The van der Waals surface area contributed by atoms with E-state index in [1.165, 1.54) is 19.2 Å². The van der Waals surface area contributed by atoms with Gasteiger partial charge in [-0.2, -0.15) is 8.42 Å². The largest absolute Gasteiger partial charge is 0.384 e. The van der Waals surface area contributed by atoms with Gasteiger partial charge in [-0.05, 0) is 44.4 Å². The number of benzene rings is 2. The quantitative estimate of drug-likeness (QED) is 0.812. The van der Waals surface area contributed by atoms with Gasteiger partial charge in [0.05, 0.1) is 4.90 Å². The van der Waals surface area contributed by atoms with E-state index in [0.717, 1.165) is 11.1 Å². The van der Waals surface area contributed by atoms with Crippen LogP contribution in [0.4, 0.5) is 0 Å². The van der Waals surface area contributed by atoms with Crippen LogP contribution in [0.5, 0.6) is 0 Å². The third-order valence-corrected chi connectivity index (χ3v) is 6.68. The smallest absolute Gasteiger partial charge is 0.297 e. The fourth-order valence-corrected chi connectivity index (χ4v) is 4.92. The van der Waals surface area contributed by atoms with Gasteiger partial charge in [0.1, 0.15) is 17.3 Å². The molecule has 0 amide bonds. The maximum Gasteiger partial charge on any atom is 0.297 e. The van der Waals surface area contributed by atoms with Gasteiger partial charge in [0, 0.05) is 7.11 Å². The molecule has 0 saturated heterocycles. The molecule has 1 fully saturated rings. The summed E-state index contributed by atoms with van der Waals surface area (Å²) >= 11 is 0. The maximum absolute atomic E-state index is 12.6. The van der Waals surface area contributed by atoms with E-state index in [4.69, 9.17) is 8.92 Å². The first-order valence-corrected chi connectivity index (χ1v) is 9.97. The van der Waals surface area contributed by atoms with E-state index in [1.807, 2.05) is 37.3 Å². The molecule has 0 aromatic heterocycles. The molecule has 140 valence electrons. The predicted molar refractivity (Wildman–Crippen MR) is 98.2 cm³/mol. The molecule has 1 aliphatic rings. The highest BCUT2D eigenvalue weighted by atomic mass is 32.2. The Hall–Kier alpha value is -1.73. The molecule has 6 heteroatoms. The first kappa shape index (κ1) is 19.0. The van der Waals surface area contributed by atoms with Gasteiger partial charge >= 0.3 is 0 Å². The van der Waals surface area contributed by atoms with Gasteiger partial charge in [-0.1, -0.05) is 48.0 Å². The van der Waals surface area contributed by atoms with E-state index < -0.39 is 27.4 Å². The Morgan fingerprint density at radius 1 is 1.08 bits per heavy atom. The molecule has 0 unspecified atom stereocenters. The highest BCUT2D eigenvalue weighted by Crippen LogP contribution is 2.50. The first-order chi connectivity index (χ1) is 12.2. The summed E-state index contributed by atoms with van der Waals surface area (Å²) in [6.07, 6.45) is -0.0935. The molecule has 1 aliphatic carbocycles. The second kappa shape index (κ2) is 6.78.